The van der Waals surface area contributed by atoms with Gasteiger partial charge in [0.2, 0.25) is 5.91 Å². The summed E-state index contributed by atoms with van der Waals surface area (Å²) in [4.78, 5) is 12.2. The normalized spacial score (nSPS) is 14.9. The smallest absolute Gasteiger partial charge is 0.220 e. The largest absolute Gasteiger partial charge is 0.386 e. The van der Waals surface area contributed by atoms with E-state index in [1.807, 2.05) is 20.8 Å². The first kappa shape index (κ1) is 18.1. The summed E-state index contributed by atoms with van der Waals surface area (Å²) in [7, 11) is 0. The summed E-state index contributed by atoms with van der Waals surface area (Å²) in [5, 5.41) is 17.0. The molecule has 0 radical (unpaired) electrons. The van der Waals surface area contributed by atoms with Crippen molar-refractivity contribution < 1.29 is 18.8 Å². The SMILES string of the molecule is Cc1noc(C)c1C(C)CC(=O)NC(C)C(O)c1ccc(F)cc1. The zero-order chi connectivity index (χ0) is 17.9. The number of nitrogens with zero attached hydrogens (tertiary/aromatic N) is 1. The molecule has 0 spiro atoms. The maximum absolute atomic E-state index is 12.9. The van der Waals surface area contributed by atoms with Crippen molar-refractivity contribution >= 4 is 5.91 Å². The molecule has 0 aliphatic heterocycles. The van der Waals surface area contributed by atoms with Gasteiger partial charge in [-0.15, -0.1) is 0 Å². The number of carbonyl (C=O) groups excluding carboxylic acids is 1. The topological polar surface area (TPSA) is 75.4 Å². The summed E-state index contributed by atoms with van der Waals surface area (Å²) in [6.07, 6.45) is -0.632. The summed E-state index contributed by atoms with van der Waals surface area (Å²) >= 11 is 0. The molecule has 1 amide bonds. The number of aromatic nitrogens is 1. The van der Waals surface area contributed by atoms with Crippen LogP contribution in [0.5, 0.6) is 0 Å². The van der Waals surface area contributed by atoms with E-state index in [-0.39, 0.29) is 24.1 Å². The lowest BCUT2D eigenvalue weighted by atomic mass is 9.95. The lowest BCUT2D eigenvalue weighted by Crippen LogP contribution is -2.37. The Morgan fingerprint density at radius 3 is 2.46 bits per heavy atom. The number of rotatable bonds is 6. The van der Waals surface area contributed by atoms with E-state index in [9.17, 15) is 14.3 Å². The lowest BCUT2D eigenvalue weighted by Gasteiger charge is -2.21. The van der Waals surface area contributed by atoms with E-state index < -0.39 is 12.1 Å². The molecule has 0 aliphatic carbocycles. The van der Waals surface area contributed by atoms with Gasteiger partial charge in [-0.1, -0.05) is 24.2 Å². The van der Waals surface area contributed by atoms with E-state index in [0.717, 1.165) is 11.3 Å². The van der Waals surface area contributed by atoms with Crippen molar-refractivity contribution in [1.29, 1.82) is 0 Å². The molecule has 2 rings (SSSR count). The number of carbonyl (C=O) groups is 1. The highest BCUT2D eigenvalue weighted by molar-refractivity contribution is 5.77. The van der Waals surface area contributed by atoms with Crippen molar-refractivity contribution in [2.24, 2.45) is 0 Å². The van der Waals surface area contributed by atoms with Crippen LogP contribution < -0.4 is 5.32 Å². The molecule has 130 valence electrons. The van der Waals surface area contributed by atoms with Crippen molar-refractivity contribution in [1.82, 2.24) is 10.5 Å². The van der Waals surface area contributed by atoms with Crippen LogP contribution in [0.4, 0.5) is 4.39 Å². The van der Waals surface area contributed by atoms with Crippen LogP contribution in [0.1, 0.15) is 54.9 Å². The fourth-order valence-electron chi connectivity index (χ4n) is 2.91. The van der Waals surface area contributed by atoms with Crippen molar-refractivity contribution in [2.75, 3.05) is 0 Å². The minimum atomic E-state index is -0.899. The molecular weight excluding hydrogens is 311 g/mol. The molecule has 6 heteroatoms. The highest BCUT2D eigenvalue weighted by atomic mass is 19.1. The Morgan fingerprint density at radius 1 is 1.29 bits per heavy atom. The van der Waals surface area contributed by atoms with Crippen LogP contribution in [-0.4, -0.2) is 22.2 Å². The quantitative estimate of drug-likeness (QED) is 0.851. The number of amides is 1. The van der Waals surface area contributed by atoms with Crippen LogP contribution in [0.3, 0.4) is 0 Å². The highest BCUT2D eigenvalue weighted by Crippen LogP contribution is 2.26. The van der Waals surface area contributed by atoms with Crippen molar-refractivity contribution in [2.45, 2.75) is 52.2 Å². The summed E-state index contributed by atoms with van der Waals surface area (Å²) < 4.78 is 18.1. The number of aryl methyl sites for hydroxylation is 2. The first-order chi connectivity index (χ1) is 11.3. The van der Waals surface area contributed by atoms with Crippen LogP contribution in [0, 0.1) is 19.7 Å². The molecular formula is C18H23FN2O3. The molecule has 1 aromatic heterocycles. The lowest BCUT2D eigenvalue weighted by molar-refractivity contribution is -0.122. The molecule has 0 saturated heterocycles. The van der Waals surface area contributed by atoms with E-state index in [1.54, 1.807) is 6.92 Å². The number of nitrogens with one attached hydrogen (secondary N) is 1. The van der Waals surface area contributed by atoms with Crippen molar-refractivity contribution in [3.63, 3.8) is 0 Å². The van der Waals surface area contributed by atoms with Gasteiger partial charge >= 0.3 is 0 Å². The van der Waals surface area contributed by atoms with Crippen molar-refractivity contribution in [3.05, 3.63) is 52.7 Å². The summed E-state index contributed by atoms with van der Waals surface area (Å²) in [5.41, 5.74) is 2.28. The molecule has 1 heterocycles. The third-order valence-electron chi connectivity index (χ3n) is 4.15. The van der Waals surface area contributed by atoms with Gasteiger partial charge in [0.05, 0.1) is 17.8 Å². The second-order valence-corrected chi connectivity index (χ2v) is 6.20. The molecule has 0 saturated carbocycles. The summed E-state index contributed by atoms with van der Waals surface area (Å²) in [6.45, 7) is 7.32. The molecule has 24 heavy (non-hydrogen) atoms. The zero-order valence-corrected chi connectivity index (χ0v) is 14.3. The van der Waals surface area contributed by atoms with E-state index in [4.69, 9.17) is 4.52 Å². The highest BCUT2D eigenvalue weighted by Gasteiger charge is 2.22. The third kappa shape index (κ3) is 4.20. The van der Waals surface area contributed by atoms with E-state index >= 15 is 0 Å². The fourth-order valence-corrected chi connectivity index (χ4v) is 2.91. The minimum Gasteiger partial charge on any atom is -0.386 e. The molecule has 2 N–H and O–H groups in total. The number of hydrogen-bond donors (Lipinski definition) is 2. The Balaban J connectivity index is 1.95. The number of aliphatic hydroxyl groups excluding tert-OH is 1. The minimum absolute atomic E-state index is 0.0357. The van der Waals surface area contributed by atoms with Crippen LogP contribution in [-0.2, 0) is 4.79 Å². The Kier molecular flexibility index (Phi) is 5.72. The second-order valence-electron chi connectivity index (χ2n) is 6.20. The molecule has 0 aliphatic rings. The van der Waals surface area contributed by atoms with Gasteiger partial charge in [0, 0.05) is 12.0 Å². The van der Waals surface area contributed by atoms with Gasteiger partial charge in [-0.25, -0.2) is 4.39 Å². The van der Waals surface area contributed by atoms with Gasteiger partial charge < -0.3 is 14.9 Å². The van der Waals surface area contributed by atoms with E-state index in [2.05, 4.69) is 10.5 Å². The third-order valence-corrected chi connectivity index (χ3v) is 4.15. The number of aliphatic hydroxyl groups is 1. The van der Waals surface area contributed by atoms with Crippen molar-refractivity contribution in [3.8, 4) is 0 Å². The van der Waals surface area contributed by atoms with Crippen LogP contribution in [0.25, 0.3) is 0 Å². The van der Waals surface area contributed by atoms with Gasteiger partial charge in [0.15, 0.2) is 0 Å². The van der Waals surface area contributed by atoms with Crippen LogP contribution in [0.15, 0.2) is 28.8 Å². The molecule has 0 fully saturated rings. The maximum Gasteiger partial charge on any atom is 0.220 e. The Morgan fingerprint density at radius 2 is 1.92 bits per heavy atom. The number of hydrogen-bond acceptors (Lipinski definition) is 4. The molecule has 2 aromatic rings. The van der Waals surface area contributed by atoms with Gasteiger partial charge in [-0.05, 0) is 44.4 Å². The fraction of sp³-hybridized carbons (Fsp3) is 0.444. The average Bonchev–Trinajstić information content (AvgIpc) is 2.86. The molecule has 0 bridgehead atoms. The van der Waals surface area contributed by atoms with Crippen LogP contribution >= 0.6 is 0 Å². The number of halogens is 1. The predicted molar refractivity (Wildman–Crippen MR) is 88.0 cm³/mol. The molecule has 3 unspecified atom stereocenters. The Bertz CT molecular complexity index is 677. The maximum atomic E-state index is 12.9. The van der Waals surface area contributed by atoms with Crippen LogP contribution in [0.2, 0.25) is 0 Å². The monoisotopic (exact) mass is 334 g/mol. The van der Waals surface area contributed by atoms with E-state index in [1.165, 1.54) is 24.3 Å². The van der Waals surface area contributed by atoms with Gasteiger partial charge in [0.1, 0.15) is 11.6 Å². The summed E-state index contributed by atoms with van der Waals surface area (Å²) in [5.74, 6) is 0.144. The molecule has 3 atom stereocenters. The standard InChI is InChI=1S/C18H23FN2O3/c1-10(17-11(2)21-24-13(17)4)9-16(22)20-12(3)18(23)14-5-7-15(19)8-6-14/h5-8,10,12,18,23H,9H2,1-4H3,(H,20,22). The zero-order valence-electron chi connectivity index (χ0n) is 14.3. The Labute approximate surface area is 140 Å². The van der Waals surface area contributed by atoms with Gasteiger partial charge in [-0.2, -0.15) is 0 Å². The summed E-state index contributed by atoms with van der Waals surface area (Å²) in [6, 6.07) is 5.10. The first-order valence-electron chi connectivity index (χ1n) is 7.95. The number of benzene rings is 1. The second kappa shape index (κ2) is 7.57. The Hall–Kier alpha value is -2.21. The molecule has 1 aromatic carbocycles. The molecule has 5 nitrogen and oxygen atoms in total. The average molecular weight is 334 g/mol. The predicted octanol–water partition coefficient (Wildman–Crippen LogP) is 3.16. The van der Waals surface area contributed by atoms with Gasteiger partial charge in [-0.3, -0.25) is 4.79 Å². The van der Waals surface area contributed by atoms with E-state index in [0.29, 0.717) is 11.3 Å². The first-order valence-corrected chi connectivity index (χ1v) is 7.95. The van der Waals surface area contributed by atoms with Gasteiger partial charge in [0.25, 0.3) is 0 Å².